The van der Waals surface area contributed by atoms with Gasteiger partial charge in [0.2, 0.25) is 0 Å². The number of hydrogen-bond donors (Lipinski definition) is 1. The molecule has 1 nitrogen and oxygen atoms in total. The predicted molar refractivity (Wildman–Crippen MR) is 63.6 cm³/mol. The van der Waals surface area contributed by atoms with E-state index in [1.165, 1.54) is 17.7 Å². The molecule has 0 bridgehead atoms. The van der Waals surface area contributed by atoms with Gasteiger partial charge in [-0.3, -0.25) is 0 Å². The average Bonchev–Trinajstić information content (AvgIpc) is 2.17. The van der Waals surface area contributed by atoms with Crippen molar-refractivity contribution in [2.45, 2.75) is 31.2 Å². The van der Waals surface area contributed by atoms with Crippen LogP contribution in [0.5, 0.6) is 0 Å². The molecular formula is C12H17NS. The zero-order chi connectivity index (χ0) is 9.80. The average molecular weight is 207 g/mol. The molecule has 2 atom stereocenters. The molecule has 0 aromatic heterocycles. The summed E-state index contributed by atoms with van der Waals surface area (Å²) < 4.78 is 0. The van der Waals surface area contributed by atoms with Crippen LogP contribution in [0.1, 0.15) is 18.9 Å². The van der Waals surface area contributed by atoms with Crippen molar-refractivity contribution in [2.75, 3.05) is 5.75 Å². The Hall–Kier alpha value is -0.470. The van der Waals surface area contributed by atoms with Crippen LogP contribution in [0.3, 0.4) is 0 Å². The summed E-state index contributed by atoms with van der Waals surface area (Å²) in [5, 5.41) is 3.51. The second-order valence-corrected chi connectivity index (χ2v) is 5.03. The van der Waals surface area contributed by atoms with Crippen molar-refractivity contribution in [3.05, 3.63) is 35.9 Å². The Morgan fingerprint density at radius 3 is 2.71 bits per heavy atom. The van der Waals surface area contributed by atoms with Crippen LogP contribution in [-0.4, -0.2) is 17.8 Å². The quantitative estimate of drug-likeness (QED) is 0.814. The van der Waals surface area contributed by atoms with E-state index in [2.05, 4.69) is 42.6 Å². The Bertz CT molecular complexity index is 267. The molecule has 1 saturated heterocycles. The molecule has 1 N–H and O–H groups in total. The van der Waals surface area contributed by atoms with Crippen molar-refractivity contribution in [2.24, 2.45) is 0 Å². The Labute approximate surface area is 90.3 Å². The maximum absolute atomic E-state index is 3.51. The first kappa shape index (κ1) is 10.1. The maximum Gasteiger partial charge on any atom is 0.0185 e. The van der Waals surface area contributed by atoms with Crippen LogP contribution in [0.15, 0.2) is 30.3 Å². The maximum atomic E-state index is 3.51. The molecule has 0 amide bonds. The lowest BCUT2D eigenvalue weighted by molar-refractivity contribution is 0.307. The van der Waals surface area contributed by atoms with Crippen molar-refractivity contribution in [1.29, 1.82) is 0 Å². The SMILES string of the molecule is CC1CC(CSCc2ccccc2)N1. The van der Waals surface area contributed by atoms with Crippen LogP contribution in [-0.2, 0) is 5.75 Å². The largest absolute Gasteiger partial charge is 0.311 e. The molecule has 1 aromatic carbocycles. The molecule has 1 aliphatic rings. The molecule has 0 spiro atoms. The van der Waals surface area contributed by atoms with Crippen LogP contribution in [0, 0.1) is 0 Å². The van der Waals surface area contributed by atoms with Gasteiger partial charge in [0.1, 0.15) is 0 Å². The number of nitrogens with one attached hydrogen (secondary N) is 1. The second-order valence-electron chi connectivity index (χ2n) is 4.00. The first-order valence-corrected chi connectivity index (χ1v) is 6.38. The van der Waals surface area contributed by atoms with E-state index in [0.29, 0.717) is 0 Å². The Morgan fingerprint density at radius 1 is 1.36 bits per heavy atom. The zero-order valence-corrected chi connectivity index (χ0v) is 9.39. The standard InChI is InChI=1S/C12H17NS/c1-10-7-12(13-10)9-14-8-11-5-3-2-4-6-11/h2-6,10,12-13H,7-9H2,1H3. The summed E-state index contributed by atoms with van der Waals surface area (Å²) in [5.41, 5.74) is 1.44. The van der Waals surface area contributed by atoms with Gasteiger partial charge < -0.3 is 5.32 Å². The fraction of sp³-hybridized carbons (Fsp3) is 0.500. The van der Waals surface area contributed by atoms with Crippen LogP contribution >= 0.6 is 11.8 Å². The summed E-state index contributed by atoms with van der Waals surface area (Å²) in [7, 11) is 0. The number of benzene rings is 1. The lowest BCUT2D eigenvalue weighted by Gasteiger charge is -2.34. The number of hydrogen-bond acceptors (Lipinski definition) is 2. The van der Waals surface area contributed by atoms with Gasteiger partial charge in [0.25, 0.3) is 0 Å². The van der Waals surface area contributed by atoms with E-state index >= 15 is 0 Å². The molecule has 1 fully saturated rings. The summed E-state index contributed by atoms with van der Waals surface area (Å²) in [6.45, 7) is 2.25. The second kappa shape index (κ2) is 4.85. The topological polar surface area (TPSA) is 12.0 Å². The van der Waals surface area contributed by atoms with Crippen molar-refractivity contribution in [3.63, 3.8) is 0 Å². The van der Waals surface area contributed by atoms with Gasteiger partial charge >= 0.3 is 0 Å². The predicted octanol–water partition coefficient (Wildman–Crippen LogP) is 2.67. The van der Waals surface area contributed by atoms with E-state index in [0.717, 1.165) is 17.8 Å². The Morgan fingerprint density at radius 2 is 2.07 bits per heavy atom. The molecule has 0 aliphatic carbocycles. The Balaban J connectivity index is 1.64. The molecule has 2 unspecified atom stereocenters. The van der Waals surface area contributed by atoms with Crippen molar-refractivity contribution in [3.8, 4) is 0 Å². The Kier molecular flexibility index (Phi) is 3.49. The van der Waals surface area contributed by atoms with E-state index in [1.807, 2.05) is 11.8 Å². The molecule has 2 heteroatoms. The van der Waals surface area contributed by atoms with E-state index in [-0.39, 0.29) is 0 Å². The fourth-order valence-corrected chi connectivity index (χ4v) is 2.88. The lowest BCUT2D eigenvalue weighted by Crippen LogP contribution is -2.51. The monoisotopic (exact) mass is 207 g/mol. The summed E-state index contributed by atoms with van der Waals surface area (Å²) in [5.74, 6) is 2.40. The van der Waals surface area contributed by atoms with Gasteiger partial charge in [-0.05, 0) is 18.9 Å². The zero-order valence-electron chi connectivity index (χ0n) is 8.57. The number of thioether (sulfide) groups is 1. The highest BCUT2D eigenvalue weighted by molar-refractivity contribution is 7.98. The third kappa shape index (κ3) is 2.76. The lowest BCUT2D eigenvalue weighted by atomic mass is 10.0. The van der Waals surface area contributed by atoms with Gasteiger partial charge in [-0.25, -0.2) is 0 Å². The summed E-state index contributed by atoms with van der Waals surface area (Å²) in [6.07, 6.45) is 1.35. The molecule has 0 saturated carbocycles. The molecular weight excluding hydrogens is 190 g/mol. The van der Waals surface area contributed by atoms with Crippen molar-refractivity contribution in [1.82, 2.24) is 5.32 Å². The number of rotatable bonds is 4. The summed E-state index contributed by atoms with van der Waals surface area (Å²) >= 11 is 2.03. The molecule has 1 heterocycles. The smallest absolute Gasteiger partial charge is 0.0185 e. The van der Waals surface area contributed by atoms with Crippen LogP contribution in [0.25, 0.3) is 0 Å². The van der Waals surface area contributed by atoms with Gasteiger partial charge in [0.15, 0.2) is 0 Å². The normalized spacial score (nSPS) is 25.8. The molecule has 1 aromatic rings. The van der Waals surface area contributed by atoms with Crippen LogP contribution in [0.2, 0.25) is 0 Å². The first-order chi connectivity index (χ1) is 6.84. The van der Waals surface area contributed by atoms with Crippen molar-refractivity contribution < 1.29 is 0 Å². The van der Waals surface area contributed by atoms with Crippen molar-refractivity contribution >= 4 is 11.8 Å². The summed E-state index contributed by atoms with van der Waals surface area (Å²) in [6, 6.07) is 12.2. The highest BCUT2D eigenvalue weighted by atomic mass is 32.2. The van der Waals surface area contributed by atoms with Gasteiger partial charge in [-0.1, -0.05) is 30.3 Å². The molecule has 0 radical (unpaired) electrons. The minimum Gasteiger partial charge on any atom is -0.311 e. The van der Waals surface area contributed by atoms with E-state index < -0.39 is 0 Å². The van der Waals surface area contributed by atoms with Gasteiger partial charge in [0.05, 0.1) is 0 Å². The molecule has 2 rings (SSSR count). The molecule has 76 valence electrons. The van der Waals surface area contributed by atoms with E-state index in [9.17, 15) is 0 Å². The van der Waals surface area contributed by atoms with Gasteiger partial charge in [0, 0.05) is 23.6 Å². The summed E-state index contributed by atoms with van der Waals surface area (Å²) in [4.78, 5) is 0. The minimum atomic E-state index is 0.748. The molecule has 14 heavy (non-hydrogen) atoms. The first-order valence-electron chi connectivity index (χ1n) is 5.22. The third-order valence-corrected chi connectivity index (χ3v) is 3.76. The van der Waals surface area contributed by atoms with Gasteiger partial charge in [-0.2, -0.15) is 11.8 Å². The fourth-order valence-electron chi connectivity index (χ4n) is 1.81. The highest BCUT2D eigenvalue weighted by Gasteiger charge is 2.23. The van der Waals surface area contributed by atoms with E-state index in [4.69, 9.17) is 0 Å². The van der Waals surface area contributed by atoms with Crippen LogP contribution < -0.4 is 5.32 Å². The molecule has 1 aliphatic heterocycles. The van der Waals surface area contributed by atoms with Gasteiger partial charge in [-0.15, -0.1) is 0 Å². The van der Waals surface area contributed by atoms with E-state index in [1.54, 1.807) is 0 Å². The highest BCUT2D eigenvalue weighted by Crippen LogP contribution is 2.19. The minimum absolute atomic E-state index is 0.748. The van der Waals surface area contributed by atoms with Crippen LogP contribution in [0.4, 0.5) is 0 Å². The third-order valence-electron chi connectivity index (χ3n) is 2.59.